The van der Waals surface area contributed by atoms with Gasteiger partial charge in [-0.2, -0.15) is 0 Å². The predicted octanol–water partition coefficient (Wildman–Crippen LogP) is 5.55. The van der Waals surface area contributed by atoms with Gasteiger partial charge in [0.05, 0.1) is 10.6 Å². The Bertz CT molecular complexity index is 1160. The monoisotopic (exact) mass is 506 g/mol. The second-order valence-corrected chi connectivity index (χ2v) is 9.95. The number of hydrogen-bond acceptors (Lipinski definition) is 3. The van der Waals surface area contributed by atoms with E-state index in [2.05, 4.69) is 21.2 Å². The Hall–Kier alpha value is -2.35. The fraction of sp³-hybridized carbons (Fsp3) is 0.136. The molecule has 8 heteroatoms. The van der Waals surface area contributed by atoms with Crippen LogP contribution in [0, 0.1) is 13.8 Å². The summed E-state index contributed by atoms with van der Waals surface area (Å²) in [6.45, 7) is 3.20. The number of nitrogens with zero attached hydrogens (tertiary/aromatic N) is 1. The fourth-order valence-electron chi connectivity index (χ4n) is 2.87. The molecule has 3 aromatic rings. The van der Waals surface area contributed by atoms with Crippen LogP contribution in [0.2, 0.25) is 5.02 Å². The summed E-state index contributed by atoms with van der Waals surface area (Å²) in [7, 11) is -4.00. The molecule has 1 amide bonds. The summed E-state index contributed by atoms with van der Waals surface area (Å²) in [5.41, 5.74) is 2.44. The summed E-state index contributed by atoms with van der Waals surface area (Å²) in [6, 6.07) is 18.5. The second-order valence-electron chi connectivity index (χ2n) is 6.76. The van der Waals surface area contributed by atoms with Crippen LogP contribution in [-0.2, 0) is 14.8 Å². The third-order valence-corrected chi connectivity index (χ3v) is 7.24. The maximum absolute atomic E-state index is 13.4. The zero-order valence-electron chi connectivity index (χ0n) is 16.4. The largest absolute Gasteiger partial charge is 0.325 e. The van der Waals surface area contributed by atoms with Gasteiger partial charge in [-0.25, -0.2) is 8.42 Å². The van der Waals surface area contributed by atoms with Crippen LogP contribution in [0.5, 0.6) is 0 Å². The van der Waals surface area contributed by atoms with E-state index in [9.17, 15) is 13.2 Å². The van der Waals surface area contributed by atoms with Crippen molar-refractivity contribution in [2.24, 2.45) is 0 Å². The molecule has 30 heavy (non-hydrogen) atoms. The quantitative estimate of drug-likeness (QED) is 0.475. The second kappa shape index (κ2) is 9.20. The van der Waals surface area contributed by atoms with E-state index in [-0.39, 0.29) is 4.90 Å². The smallest absolute Gasteiger partial charge is 0.264 e. The fourth-order valence-corrected chi connectivity index (χ4v) is 4.78. The first-order valence-corrected chi connectivity index (χ1v) is 11.7. The Balaban J connectivity index is 1.99. The molecule has 0 saturated carbocycles. The Morgan fingerprint density at radius 1 is 1.00 bits per heavy atom. The Labute approximate surface area is 189 Å². The Morgan fingerprint density at radius 2 is 1.63 bits per heavy atom. The van der Waals surface area contributed by atoms with Crippen molar-refractivity contribution in [3.8, 4) is 0 Å². The first kappa shape index (κ1) is 22.3. The van der Waals surface area contributed by atoms with E-state index in [1.807, 2.05) is 6.92 Å². The van der Waals surface area contributed by atoms with Crippen LogP contribution in [0.1, 0.15) is 11.1 Å². The van der Waals surface area contributed by atoms with Crippen molar-refractivity contribution in [1.29, 1.82) is 0 Å². The molecule has 0 aliphatic heterocycles. The van der Waals surface area contributed by atoms with Gasteiger partial charge in [-0.05, 0) is 67.9 Å². The number of sulfonamides is 1. The summed E-state index contributed by atoms with van der Waals surface area (Å²) in [5, 5.41) is 3.16. The van der Waals surface area contributed by atoms with E-state index in [1.165, 1.54) is 12.1 Å². The van der Waals surface area contributed by atoms with E-state index < -0.39 is 22.5 Å². The molecule has 0 saturated heterocycles. The molecule has 0 spiro atoms. The zero-order valence-corrected chi connectivity index (χ0v) is 19.6. The van der Waals surface area contributed by atoms with E-state index in [0.717, 1.165) is 14.3 Å². The molecule has 0 aliphatic rings. The lowest BCUT2D eigenvalue weighted by molar-refractivity contribution is -0.114. The van der Waals surface area contributed by atoms with Crippen molar-refractivity contribution < 1.29 is 13.2 Å². The van der Waals surface area contributed by atoms with Gasteiger partial charge in [0.2, 0.25) is 5.91 Å². The lowest BCUT2D eigenvalue weighted by atomic mass is 10.2. The molecular formula is C22H20BrClN2O3S. The number of benzene rings is 3. The minimum absolute atomic E-state index is 0.101. The Kier molecular flexibility index (Phi) is 6.85. The number of halogens is 2. The highest BCUT2D eigenvalue weighted by molar-refractivity contribution is 9.10. The highest BCUT2D eigenvalue weighted by Crippen LogP contribution is 2.31. The van der Waals surface area contributed by atoms with Gasteiger partial charge in [-0.15, -0.1) is 0 Å². The number of amides is 1. The number of rotatable bonds is 6. The number of aryl methyl sites for hydroxylation is 1. The van der Waals surface area contributed by atoms with E-state index in [1.54, 1.807) is 61.5 Å². The molecular weight excluding hydrogens is 488 g/mol. The average Bonchev–Trinajstić information content (AvgIpc) is 2.70. The summed E-state index contributed by atoms with van der Waals surface area (Å²) in [4.78, 5) is 12.8. The van der Waals surface area contributed by atoms with Crippen LogP contribution >= 0.6 is 27.5 Å². The number of nitrogens with one attached hydrogen (secondary N) is 1. The van der Waals surface area contributed by atoms with Gasteiger partial charge < -0.3 is 5.32 Å². The maximum Gasteiger partial charge on any atom is 0.264 e. The maximum atomic E-state index is 13.4. The first-order valence-electron chi connectivity index (χ1n) is 9.08. The summed E-state index contributed by atoms with van der Waals surface area (Å²) >= 11 is 9.57. The van der Waals surface area contributed by atoms with Gasteiger partial charge in [-0.3, -0.25) is 9.10 Å². The van der Waals surface area contributed by atoms with Crippen LogP contribution in [-0.4, -0.2) is 20.9 Å². The number of carbonyl (C=O) groups is 1. The molecule has 0 radical (unpaired) electrons. The van der Waals surface area contributed by atoms with Crippen molar-refractivity contribution >= 4 is 54.8 Å². The van der Waals surface area contributed by atoms with E-state index >= 15 is 0 Å². The van der Waals surface area contributed by atoms with Crippen molar-refractivity contribution in [3.63, 3.8) is 0 Å². The van der Waals surface area contributed by atoms with Gasteiger partial charge in [0.25, 0.3) is 10.0 Å². The number of anilines is 2. The molecule has 0 aromatic heterocycles. The number of hydrogen-bond donors (Lipinski definition) is 1. The third-order valence-electron chi connectivity index (χ3n) is 4.53. The lowest BCUT2D eigenvalue weighted by Crippen LogP contribution is -2.38. The highest BCUT2D eigenvalue weighted by atomic mass is 79.9. The molecule has 156 valence electrons. The number of carbonyl (C=O) groups excluding carboxylic acids is 1. The van der Waals surface area contributed by atoms with Gasteiger partial charge in [0, 0.05) is 15.2 Å². The molecule has 1 N–H and O–H groups in total. The molecule has 0 heterocycles. The van der Waals surface area contributed by atoms with Crippen LogP contribution in [0.3, 0.4) is 0 Å². The molecule has 0 atom stereocenters. The molecule has 0 fully saturated rings. The summed E-state index contributed by atoms with van der Waals surface area (Å²) < 4.78 is 28.8. The van der Waals surface area contributed by atoms with Gasteiger partial charge in [0.1, 0.15) is 6.54 Å². The lowest BCUT2D eigenvalue weighted by Gasteiger charge is -2.26. The first-order chi connectivity index (χ1) is 14.2. The SMILES string of the molecule is Cc1ccc(S(=O)(=O)N(CC(=O)Nc2ccc(Br)cc2)c2cccc(Cl)c2C)cc1. The van der Waals surface area contributed by atoms with E-state index in [0.29, 0.717) is 22.0 Å². The van der Waals surface area contributed by atoms with Crippen molar-refractivity contribution in [2.45, 2.75) is 18.7 Å². The Morgan fingerprint density at radius 3 is 2.27 bits per heavy atom. The van der Waals surface area contributed by atoms with Crippen LogP contribution < -0.4 is 9.62 Å². The summed E-state index contributed by atoms with van der Waals surface area (Å²) in [5.74, 6) is -0.465. The molecule has 5 nitrogen and oxygen atoms in total. The molecule has 0 bridgehead atoms. The van der Waals surface area contributed by atoms with E-state index in [4.69, 9.17) is 11.6 Å². The molecule has 3 rings (SSSR count). The minimum atomic E-state index is -4.00. The van der Waals surface area contributed by atoms with Crippen LogP contribution in [0.15, 0.2) is 76.1 Å². The van der Waals surface area contributed by atoms with Crippen LogP contribution in [0.25, 0.3) is 0 Å². The molecule has 0 unspecified atom stereocenters. The third kappa shape index (κ3) is 5.03. The minimum Gasteiger partial charge on any atom is -0.325 e. The van der Waals surface area contributed by atoms with Crippen molar-refractivity contribution in [3.05, 3.63) is 87.4 Å². The topological polar surface area (TPSA) is 66.5 Å². The predicted molar refractivity (Wildman–Crippen MR) is 125 cm³/mol. The molecule has 3 aromatic carbocycles. The highest BCUT2D eigenvalue weighted by Gasteiger charge is 2.28. The van der Waals surface area contributed by atoms with Crippen LogP contribution in [0.4, 0.5) is 11.4 Å². The van der Waals surface area contributed by atoms with Crippen molar-refractivity contribution in [2.75, 3.05) is 16.2 Å². The zero-order chi connectivity index (χ0) is 21.9. The van der Waals surface area contributed by atoms with Gasteiger partial charge in [-0.1, -0.05) is 51.3 Å². The van der Waals surface area contributed by atoms with Crippen molar-refractivity contribution in [1.82, 2.24) is 0 Å². The normalized spacial score (nSPS) is 11.2. The molecule has 0 aliphatic carbocycles. The van der Waals surface area contributed by atoms with Gasteiger partial charge in [0.15, 0.2) is 0 Å². The standard InChI is InChI=1S/C22H20BrClN2O3S/c1-15-6-12-19(13-7-15)30(28,29)26(21-5-3-4-20(24)16(21)2)14-22(27)25-18-10-8-17(23)9-11-18/h3-13H,14H2,1-2H3,(H,25,27). The van der Waals surface area contributed by atoms with Gasteiger partial charge >= 0.3 is 0 Å². The average molecular weight is 508 g/mol. The summed E-state index contributed by atoms with van der Waals surface area (Å²) in [6.07, 6.45) is 0.